The van der Waals surface area contributed by atoms with Crippen LogP contribution in [0.3, 0.4) is 0 Å². The zero-order valence-electron chi connectivity index (χ0n) is 12.5. The van der Waals surface area contributed by atoms with Crippen molar-refractivity contribution >= 4 is 17.3 Å². The van der Waals surface area contributed by atoms with Crippen LogP contribution in [0.2, 0.25) is 0 Å². The molecule has 0 radical (unpaired) electrons. The molecule has 1 aromatic heterocycles. The fraction of sp³-hybridized carbons (Fsp3) is 0.688. The standard InChI is InChI=1S/C16H24N2O2S/c1-11-4-5-21-15(11)8-17-13-6-14(7-13)18(10-16(19)20)9-12-2-3-12/h4-5,12-14,17H,2-3,6-10H2,1H3,(H,19,20). The second kappa shape index (κ2) is 6.46. The molecular formula is C16H24N2O2S. The molecule has 2 aliphatic rings. The maximum absolute atomic E-state index is 11.0. The highest BCUT2D eigenvalue weighted by Gasteiger charge is 2.36. The summed E-state index contributed by atoms with van der Waals surface area (Å²) in [5.74, 6) is 0.0615. The summed E-state index contributed by atoms with van der Waals surface area (Å²) in [6.45, 7) is 4.29. The number of nitrogens with one attached hydrogen (secondary N) is 1. The molecule has 2 N–H and O–H groups in total. The van der Waals surface area contributed by atoms with Gasteiger partial charge in [-0.25, -0.2) is 0 Å². The Balaban J connectivity index is 1.42. The average Bonchev–Trinajstić information content (AvgIpc) is 3.09. The van der Waals surface area contributed by atoms with Gasteiger partial charge >= 0.3 is 5.97 Å². The fourth-order valence-electron chi connectivity index (χ4n) is 3.02. The zero-order chi connectivity index (χ0) is 14.8. The fourth-order valence-corrected chi connectivity index (χ4v) is 3.88. The smallest absolute Gasteiger partial charge is 0.317 e. The van der Waals surface area contributed by atoms with Gasteiger partial charge in [0.1, 0.15) is 0 Å². The van der Waals surface area contributed by atoms with Gasteiger partial charge in [-0.15, -0.1) is 11.3 Å². The number of hydrogen-bond donors (Lipinski definition) is 2. The van der Waals surface area contributed by atoms with E-state index in [1.54, 1.807) is 0 Å². The van der Waals surface area contributed by atoms with Crippen LogP contribution in [0.25, 0.3) is 0 Å². The van der Waals surface area contributed by atoms with Crippen molar-refractivity contribution in [2.75, 3.05) is 13.1 Å². The molecule has 1 aromatic rings. The minimum absolute atomic E-state index is 0.206. The number of carboxylic acid groups (broad SMARTS) is 1. The molecule has 0 amide bonds. The van der Waals surface area contributed by atoms with Crippen LogP contribution in [0.1, 0.15) is 36.1 Å². The SMILES string of the molecule is Cc1ccsc1CNC1CC(N(CC(=O)O)CC2CC2)C1. The molecule has 116 valence electrons. The van der Waals surface area contributed by atoms with Gasteiger partial charge in [0, 0.05) is 30.1 Å². The lowest BCUT2D eigenvalue weighted by Gasteiger charge is -2.43. The molecule has 0 aromatic carbocycles. The quantitative estimate of drug-likeness (QED) is 0.775. The minimum atomic E-state index is -0.693. The van der Waals surface area contributed by atoms with Crippen molar-refractivity contribution in [2.24, 2.45) is 5.92 Å². The largest absolute Gasteiger partial charge is 0.480 e. The normalized spacial score (nSPS) is 25.0. The molecule has 2 aliphatic carbocycles. The first-order valence-electron chi connectivity index (χ1n) is 7.84. The van der Waals surface area contributed by atoms with Gasteiger partial charge in [-0.1, -0.05) is 0 Å². The number of rotatable bonds is 8. The molecule has 0 bridgehead atoms. The van der Waals surface area contributed by atoms with E-state index >= 15 is 0 Å². The van der Waals surface area contributed by atoms with Crippen LogP contribution in [-0.2, 0) is 11.3 Å². The van der Waals surface area contributed by atoms with Crippen LogP contribution in [0, 0.1) is 12.8 Å². The first kappa shape index (κ1) is 15.0. The summed E-state index contributed by atoms with van der Waals surface area (Å²) in [4.78, 5) is 14.6. The molecule has 3 rings (SSSR count). The Hall–Kier alpha value is -0.910. The number of aliphatic carboxylic acids is 1. The Morgan fingerprint density at radius 2 is 2.24 bits per heavy atom. The Kier molecular flexibility index (Phi) is 4.62. The molecule has 21 heavy (non-hydrogen) atoms. The maximum Gasteiger partial charge on any atom is 0.317 e. The van der Waals surface area contributed by atoms with E-state index in [4.69, 9.17) is 5.11 Å². The highest BCUT2D eigenvalue weighted by molar-refractivity contribution is 7.10. The number of carboxylic acids is 1. The number of thiophene rings is 1. The lowest BCUT2D eigenvalue weighted by atomic mass is 9.85. The van der Waals surface area contributed by atoms with E-state index in [0.29, 0.717) is 12.1 Å². The summed E-state index contributed by atoms with van der Waals surface area (Å²) in [7, 11) is 0. The summed E-state index contributed by atoms with van der Waals surface area (Å²) in [5.41, 5.74) is 1.37. The van der Waals surface area contributed by atoms with E-state index in [1.807, 2.05) is 11.3 Å². The lowest BCUT2D eigenvalue weighted by molar-refractivity contribution is -0.139. The molecule has 0 spiro atoms. The summed E-state index contributed by atoms with van der Waals surface area (Å²) in [5, 5.41) is 14.8. The van der Waals surface area contributed by atoms with E-state index in [0.717, 1.165) is 31.8 Å². The molecule has 1 heterocycles. The topological polar surface area (TPSA) is 52.6 Å². The Labute approximate surface area is 130 Å². The van der Waals surface area contributed by atoms with Crippen molar-refractivity contribution in [2.45, 2.75) is 51.2 Å². The van der Waals surface area contributed by atoms with Crippen LogP contribution in [0.15, 0.2) is 11.4 Å². The molecule has 0 atom stereocenters. The van der Waals surface area contributed by atoms with Crippen molar-refractivity contribution in [3.63, 3.8) is 0 Å². The van der Waals surface area contributed by atoms with Crippen molar-refractivity contribution in [3.05, 3.63) is 21.9 Å². The van der Waals surface area contributed by atoms with Crippen LogP contribution in [0.4, 0.5) is 0 Å². The van der Waals surface area contributed by atoms with E-state index in [1.165, 1.54) is 23.3 Å². The Morgan fingerprint density at radius 1 is 1.48 bits per heavy atom. The van der Waals surface area contributed by atoms with Crippen LogP contribution in [0.5, 0.6) is 0 Å². The first-order valence-corrected chi connectivity index (χ1v) is 8.72. The van der Waals surface area contributed by atoms with E-state index in [2.05, 4.69) is 28.6 Å². The summed E-state index contributed by atoms with van der Waals surface area (Å²) >= 11 is 1.81. The molecule has 0 saturated heterocycles. The monoisotopic (exact) mass is 308 g/mol. The van der Waals surface area contributed by atoms with Gasteiger partial charge in [-0.2, -0.15) is 0 Å². The third kappa shape index (κ3) is 4.05. The highest BCUT2D eigenvalue weighted by atomic mass is 32.1. The molecule has 5 heteroatoms. The van der Waals surface area contributed by atoms with Crippen molar-refractivity contribution < 1.29 is 9.90 Å². The number of carbonyl (C=O) groups is 1. The number of aryl methyl sites for hydroxylation is 1. The van der Waals surface area contributed by atoms with Crippen molar-refractivity contribution in [1.29, 1.82) is 0 Å². The number of nitrogens with zero attached hydrogens (tertiary/aromatic N) is 1. The minimum Gasteiger partial charge on any atom is -0.480 e. The highest BCUT2D eigenvalue weighted by Crippen LogP contribution is 2.34. The van der Waals surface area contributed by atoms with Gasteiger partial charge in [0.05, 0.1) is 6.54 Å². The Morgan fingerprint density at radius 3 is 2.81 bits per heavy atom. The summed E-state index contributed by atoms with van der Waals surface area (Å²) in [6.07, 6.45) is 4.74. The van der Waals surface area contributed by atoms with Gasteiger partial charge in [0.2, 0.25) is 0 Å². The zero-order valence-corrected chi connectivity index (χ0v) is 13.4. The third-order valence-corrected chi connectivity index (χ3v) is 5.70. The maximum atomic E-state index is 11.0. The molecule has 0 unspecified atom stereocenters. The third-order valence-electron chi connectivity index (χ3n) is 4.68. The van der Waals surface area contributed by atoms with Gasteiger partial charge in [-0.05, 0) is 55.5 Å². The van der Waals surface area contributed by atoms with E-state index in [-0.39, 0.29) is 6.54 Å². The molecular weight excluding hydrogens is 284 g/mol. The van der Waals surface area contributed by atoms with Crippen molar-refractivity contribution in [1.82, 2.24) is 10.2 Å². The van der Waals surface area contributed by atoms with Crippen molar-refractivity contribution in [3.8, 4) is 0 Å². The molecule has 2 fully saturated rings. The second-order valence-corrected chi connectivity index (χ2v) is 7.50. The molecule has 4 nitrogen and oxygen atoms in total. The second-order valence-electron chi connectivity index (χ2n) is 6.50. The first-order chi connectivity index (χ1) is 10.1. The van der Waals surface area contributed by atoms with Gasteiger partial charge in [0.25, 0.3) is 0 Å². The van der Waals surface area contributed by atoms with E-state index < -0.39 is 5.97 Å². The van der Waals surface area contributed by atoms with E-state index in [9.17, 15) is 4.79 Å². The number of hydrogen-bond acceptors (Lipinski definition) is 4. The van der Waals surface area contributed by atoms with Gasteiger partial charge in [-0.3, -0.25) is 9.69 Å². The lowest BCUT2D eigenvalue weighted by Crippen LogP contribution is -2.54. The van der Waals surface area contributed by atoms with Crippen LogP contribution >= 0.6 is 11.3 Å². The molecule has 2 saturated carbocycles. The average molecular weight is 308 g/mol. The Bertz CT molecular complexity index is 492. The van der Waals surface area contributed by atoms with Crippen LogP contribution < -0.4 is 5.32 Å². The van der Waals surface area contributed by atoms with Gasteiger partial charge < -0.3 is 10.4 Å². The summed E-state index contributed by atoms with van der Waals surface area (Å²) in [6, 6.07) is 3.17. The summed E-state index contributed by atoms with van der Waals surface area (Å²) < 4.78 is 0. The van der Waals surface area contributed by atoms with Crippen LogP contribution in [-0.4, -0.2) is 41.1 Å². The predicted octanol–water partition coefficient (Wildman–Crippen LogP) is 2.47. The molecule has 0 aliphatic heterocycles. The predicted molar refractivity (Wildman–Crippen MR) is 84.6 cm³/mol. The van der Waals surface area contributed by atoms with Gasteiger partial charge in [0.15, 0.2) is 0 Å².